The largest absolute Gasteiger partial charge is 0.480 e. The van der Waals surface area contributed by atoms with E-state index < -0.39 is 11.9 Å². The summed E-state index contributed by atoms with van der Waals surface area (Å²) in [7, 11) is 0. The minimum atomic E-state index is -1.07. The van der Waals surface area contributed by atoms with Crippen molar-refractivity contribution in [2.24, 2.45) is 0 Å². The molecule has 1 N–H and O–H groups in total. The number of furan rings is 1. The molecule has 8 heteroatoms. The van der Waals surface area contributed by atoms with E-state index in [0.717, 1.165) is 11.3 Å². The number of carbonyl (C=O) groups excluding carboxylic acids is 1. The van der Waals surface area contributed by atoms with Crippen LogP contribution in [0.3, 0.4) is 0 Å². The Kier molecular flexibility index (Phi) is 4.50. The number of aliphatic carboxylic acids is 1. The molecule has 8 nitrogen and oxygen atoms in total. The normalized spacial score (nSPS) is 11.1. The molecule has 0 aliphatic rings. The van der Waals surface area contributed by atoms with Crippen LogP contribution in [0.15, 0.2) is 21.1 Å². The van der Waals surface area contributed by atoms with Crippen LogP contribution < -0.4 is 0 Å². The Morgan fingerprint density at radius 2 is 1.96 bits per heavy atom. The minimum absolute atomic E-state index is 0.230. The number of hydrogen-bond donors (Lipinski definition) is 1. The van der Waals surface area contributed by atoms with Crippen molar-refractivity contribution in [3.8, 4) is 11.3 Å². The molecule has 3 aromatic heterocycles. The molecule has 0 unspecified atom stereocenters. The number of amides is 1. The second kappa shape index (κ2) is 6.62. The predicted octanol–water partition coefficient (Wildman–Crippen LogP) is 2.95. The predicted molar refractivity (Wildman–Crippen MR) is 92.9 cm³/mol. The SMILES string of the molecule is CCN(CC(=O)O)C(=O)c1cc(-c2cc(C)oc2C)nc2onc(C)c12. The lowest BCUT2D eigenvalue weighted by atomic mass is 10.0. The van der Waals surface area contributed by atoms with Crippen molar-refractivity contribution in [1.29, 1.82) is 0 Å². The Hall–Kier alpha value is -3.16. The Morgan fingerprint density at radius 3 is 2.54 bits per heavy atom. The van der Waals surface area contributed by atoms with Gasteiger partial charge in [-0.3, -0.25) is 9.59 Å². The Labute approximate surface area is 149 Å². The number of aryl methyl sites for hydroxylation is 3. The second-order valence-corrected chi connectivity index (χ2v) is 6.04. The zero-order chi connectivity index (χ0) is 19.0. The second-order valence-electron chi connectivity index (χ2n) is 6.04. The number of carboxylic acid groups (broad SMARTS) is 1. The van der Waals surface area contributed by atoms with Crippen LogP contribution in [0.1, 0.15) is 34.5 Å². The van der Waals surface area contributed by atoms with Gasteiger partial charge in [0.1, 0.15) is 18.1 Å². The first-order valence-corrected chi connectivity index (χ1v) is 8.17. The van der Waals surface area contributed by atoms with Crippen LogP contribution in [0.2, 0.25) is 0 Å². The van der Waals surface area contributed by atoms with Gasteiger partial charge in [0.2, 0.25) is 0 Å². The topological polar surface area (TPSA) is 110 Å². The zero-order valence-corrected chi connectivity index (χ0v) is 15.0. The molecule has 0 spiro atoms. The summed E-state index contributed by atoms with van der Waals surface area (Å²) in [5, 5.41) is 13.4. The maximum absolute atomic E-state index is 13.0. The van der Waals surface area contributed by atoms with Crippen molar-refractivity contribution < 1.29 is 23.6 Å². The van der Waals surface area contributed by atoms with Crippen LogP contribution in [0.25, 0.3) is 22.4 Å². The van der Waals surface area contributed by atoms with Crippen molar-refractivity contribution in [3.63, 3.8) is 0 Å². The van der Waals surface area contributed by atoms with Gasteiger partial charge in [0.05, 0.1) is 22.3 Å². The van der Waals surface area contributed by atoms with Gasteiger partial charge in [0.25, 0.3) is 11.6 Å². The van der Waals surface area contributed by atoms with Gasteiger partial charge in [-0.15, -0.1) is 0 Å². The highest BCUT2D eigenvalue weighted by atomic mass is 16.5. The van der Waals surface area contributed by atoms with Gasteiger partial charge < -0.3 is 18.9 Å². The van der Waals surface area contributed by atoms with E-state index in [-0.39, 0.29) is 18.8 Å². The molecule has 0 bridgehead atoms. The first-order valence-electron chi connectivity index (χ1n) is 8.17. The molecular weight excluding hydrogens is 338 g/mol. The summed E-state index contributed by atoms with van der Waals surface area (Å²) in [4.78, 5) is 29.8. The zero-order valence-electron chi connectivity index (χ0n) is 15.0. The molecule has 0 radical (unpaired) electrons. The molecule has 1 amide bonds. The van der Waals surface area contributed by atoms with Gasteiger partial charge in [0.15, 0.2) is 0 Å². The van der Waals surface area contributed by atoms with E-state index >= 15 is 0 Å². The number of aromatic nitrogens is 2. The van der Waals surface area contributed by atoms with E-state index in [1.54, 1.807) is 19.9 Å². The molecule has 0 atom stereocenters. The smallest absolute Gasteiger partial charge is 0.323 e. The highest BCUT2D eigenvalue weighted by Gasteiger charge is 2.24. The van der Waals surface area contributed by atoms with Crippen molar-refractivity contribution in [2.75, 3.05) is 13.1 Å². The lowest BCUT2D eigenvalue weighted by molar-refractivity contribution is -0.137. The lowest BCUT2D eigenvalue weighted by Crippen LogP contribution is -2.35. The average Bonchev–Trinajstić information content (AvgIpc) is 3.13. The van der Waals surface area contributed by atoms with Gasteiger partial charge in [-0.05, 0) is 39.8 Å². The van der Waals surface area contributed by atoms with Gasteiger partial charge in [0, 0.05) is 12.1 Å². The van der Waals surface area contributed by atoms with Crippen LogP contribution in [0.5, 0.6) is 0 Å². The number of nitrogens with zero attached hydrogens (tertiary/aromatic N) is 3. The summed E-state index contributed by atoms with van der Waals surface area (Å²) in [6.45, 7) is 6.95. The number of hydrogen-bond acceptors (Lipinski definition) is 6. The molecule has 136 valence electrons. The minimum Gasteiger partial charge on any atom is -0.480 e. The summed E-state index contributed by atoms with van der Waals surface area (Å²) in [6.07, 6.45) is 0. The van der Waals surface area contributed by atoms with E-state index in [9.17, 15) is 9.59 Å². The molecule has 3 heterocycles. The highest BCUT2D eigenvalue weighted by molar-refractivity contribution is 6.07. The van der Waals surface area contributed by atoms with Crippen LogP contribution >= 0.6 is 0 Å². The van der Waals surface area contributed by atoms with Gasteiger partial charge >= 0.3 is 5.97 Å². The number of fused-ring (bicyclic) bond motifs is 1. The number of rotatable bonds is 5. The van der Waals surface area contributed by atoms with Crippen molar-refractivity contribution in [1.82, 2.24) is 15.0 Å². The molecule has 0 aliphatic heterocycles. The van der Waals surface area contributed by atoms with Crippen LogP contribution in [-0.4, -0.2) is 45.1 Å². The quantitative estimate of drug-likeness (QED) is 0.747. The van der Waals surface area contributed by atoms with Crippen LogP contribution in [0.4, 0.5) is 0 Å². The van der Waals surface area contributed by atoms with E-state index in [1.807, 2.05) is 19.9 Å². The third-order valence-corrected chi connectivity index (χ3v) is 4.16. The summed E-state index contributed by atoms with van der Waals surface area (Å²) < 4.78 is 10.8. The Balaban J connectivity index is 2.19. The molecular formula is C18H19N3O5. The van der Waals surface area contributed by atoms with E-state index in [2.05, 4.69) is 10.1 Å². The first-order chi connectivity index (χ1) is 12.3. The lowest BCUT2D eigenvalue weighted by Gasteiger charge is -2.19. The van der Waals surface area contributed by atoms with Crippen molar-refractivity contribution in [2.45, 2.75) is 27.7 Å². The number of carbonyl (C=O) groups is 2. The van der Waals surface area contributed by atoms with Gasteiger partial charge in [-0.25, -0.2) is 4.98 Å². The van der Waals surface area contributed by atoms with Crippen LogP contribution in [0, 0.1) is 20.8 Å². The summed E-state index contributed by atoms with van der Waals surface area (Å²) in [5.41, 5.74) is 2.32. The molecule has 0 saturated heterocycles. The fourth-order valence-electron chi connectivity index (χ4n) is 2.95. The van der Waals surface area contributed by atoms with E-state index in [0.29, 0.717) is 28.1 Å². The summed E-state index contributed by atoms with van der Waals surface area (Å²) in [6, 6.07) is 3.46. The Morgan fingerprint density at radius 1 is 1.23 bits per heavy atom. The van der Waals surface area contributed by atoms with E-state index in [4.69, 9.17) is 14.0 Å². The molecule has 3 aromatic rings. The van der Waals surface area contributed by atoms with Crippen molar-refractivity contribution in [3.05, 3.63) is 34.9 Å². The molecule has 0 fully saturated rings. The maximum Gasteiger partial charge on any atom is 0.323 e. The van der Waals surface area contributed by atoms with E-state index in [1.165, 1.54) is 4.90 Å². The Bertz CT molecular complexity index is 1000. The third kappa shape index (κ3) is 3.05. The molecule has 3 rings (SSSR count). The fourth-order valence-corrected chi connectivity index (χ4v) is 2.95. The number of pyridine rings is 1. The summed E-state index contributed by atoms with van der Waals surface area (Å²) in [5.74, 6) is -0.0919. The standard InChI is InChI=1S/C18H19N3O5/c1-5-21(8-15(22)23)18(24)13-7-14(12-6-9(2)25-11(12)4)19-17-16(13)10(3)20-26-17/h6-7H,5,8H2,1-4H3,(H,22,23). The average molecular weight is 357 g/mol. The highest BCUT2D eigenvalue weighted by Crippen LogP contribution is 2.31. The maximum atomic E-state index is 13.0. The summed E-state index contributed by atoms with van der Waals surface area (Å²) >= 11 is 0. The monoisotopic (exact) mass is 357 g/mol. The van der Waals surface area contributed by atoms with Crippen molar-refractivity contribution >= 4 is 23.0 Å². The van der Waals surface area contributed by atoms with Crippen LogP contribution in [-0.2, 0) is 4.79 Å². The molecule has 26 heavy (non-hydrogen) atoms. The fraction of sp³-hybridized carbons (Fsp3) is 0.333. The first kappa shape index (κ1) is 17.7. The number of carboxylic acids is 1. The van der Waals surface area contributed by atoms with Gasteiger partial charge in [-0.1, -0.05) is 5.16 Å². The molecule has 0 aliphatic carbocycles. The molecule has 0 aromatic carbocycles. The number of likely N-dealkylation sites (N-methyl/N-ethyl adjacent to an activating group) is 1. The van der Waals surface area contributed by atoms with Gasteiger partial charge in [-0.2, -0.15) is 0 Å². The third-order valence-electron chi connectivity index (χ3n) is 4.16. The molecule has 0 saturated carbocycles.